The van der Waals surface area contributed by atoms with Crippen LogP contribution in [-0.2, 0) is 6.54 Å². The van der Waals surface area contributed by atoms with Gasteiger partial charge in [0.25, 0.3) is 0 Å². The van der Waals surface area contributed by atoms with Gasteiger partial charge in [0.15, 0.2) is 5.60 Å². The summed E-state index contributed by atoms with van der Waals surface area (Å²) in [5.41, 5.74) is 2.19. The molecule has 0 bridgehead atoms. The van der Waals surface area contributed by atoms with Crippen LogP contribution in [0.4, 0.5) is 13.2 Å². The van der Waals surface area contributed by atoms with Crippen LogP contribution < -0.4 is 0 Å². The fourth-order valence-electron chi connectivity index (χ4n) is 3.88. The van der Waals surface area contributed by atoms with Crippen molar-refractivity contribution < 1.29 is 18.3 Å². The van der Waals surface area contributed by atoms with E-state index < -0.39 is 11.8 Å². The van der Waals surface area contributed by atoms with E-state index in [0.717, 1.165) is 28.1 Å². The summed E-state index contributed by atoms with van der Waals surface area (Å²) in [6.07, 6.45) is -3.28. The van der Waals surface area contributed by atoms with Crippen LogP contribution in [0.15, 0.2) is 60.8 Å². The minimum Gasteiger partial charge on any atom is -0.380 e. The van der Waals surface area contributed by atoms with Gasteiger partial charge >= 0.3 is 6.18 Å². The van der Waals surface area contributed by atoms with Crippen LogP contribution in [0.2, 0.25) is 0 Å². The molecule has 0 saturated carbocycles. The molecule has 7 heteroatoms. The Hall–Kier alpha value is -2.64. The summed E-state index contributed by atoms with van der Waals surface area (Å²) < 4.78 is 41.1. The summed E-state index contributed by atoms with van der Waals surface area (Å²) >= 11 is 0. The van der Waals surface area contributed by atoms with Gasteiger partial charge in [-0.2, -0.15) is 18.3 Å². The topological polar surface area (TPSA) is 41.3 Å². The van der Waals surface area contributed by atoms with Gasteiger partial charge in [-0.1, -0.05) is 42.0 Å². The summed E-state index contributed by atoms with van der Waals surface area (Å²) in [7, 11) is 0. The van der Waals surface area contributed by atoms with Crippen molar-refractivity contribution in [3.63, 3.8) is 0 Å². The third-order valence-electron chi connectivity index (χ3n) is 5.71. The largest absolute Gasteiger partial charge is 0.417 e. The lowest BCUT2D eigenvalue weighted by Gasteiger charge is -2.39. The van der Waals surface area contributed by atoms with Crippen LogP contribution in [0, 0.1) is 6.92 Å². The van der Waals surface area contributed by atoms with Crippen molar-refractivity contribution in [1.82, 2.24) is 14.7 Å². The van der Waals surface area contributed by atoms with Crippen molar-refractivity contribution in [3.05, 3.63) is 71.9 Å². The highest BCUT2D eigenvalue weighted by Crippen LogP contribution is 2.39. The lowest BCUT2D eigenvalue weighted by atomic mass is 9.90. The number of hydrogen-bond acceptors (Lipinski definition) is 3. The van der Waals surface area contributed by atoms with E-state index in [1.807, 2.05) is 71.2 Å². The second-order valence-electron chi connectivity index (χ2n) is 7.96. The van der Waals surface area contributed by atoms with Crippen molar-refractivity contribution in [2.24, 2.45) is 0 Å². The molecule has 2 aromatic carbocycles. The SMILES string of the molecule is Cc1cccc(-c2nn(-c3ccccc3)cc2CN2CCC(O)(C(F)(F)F)CC2)c1. The first-order chi connectivity index (χ1) is 14.2. The number of alkyl halides is 3. The van der Waals surface area contributed by atoms with E-state index in [9.17, 15) is 18.3 Å². The Labute approximate surface area is 173 Å². The van der Waals surface area contributed by atoms with Gasteiger partial charge < -0.3 is 5.11 Å². The van der Waals surface area contributed by atoms with Gasteiger partial charge in [-0.05, 0) is 38.0 Å². The van der Waals surface area contributed by atoms with Crippen molar-refractivity contribution in [2.45, 2.75) is 38.1 Å². The number of rotatable bonds is 4. The summed E-state index contributed by atoms with van der Waals surface area (Å²) in [6.45, 7) is 2.85. The number of piperidine rings is 1. The number of aliphatic hydroxyl groups is 1. The average Bonchev–Trinajstić information content (AvgIpc) is 3.13. The molecular weight excluding hydrogens is 391 g/mol. The smallest absolute Gasteiger partial charge is 0.380 e. The van der Waals surface area contributed by atoms with Gasteiger partial charge in [-0.15, -0.1) is 0 Å². The van der Waals surface area contributed by atoms with Crippen LogP contribution in [0.1, 0.15) is 24.0 Å². The zero-order valence-electron chi connectivity index (χ0n) is 16.7. The highest BCUT2D eigenvalue weighted by atomic mass is 19.4. The molecule has 0 radical (unpaired) electrons. The van der Waals surface area contributed by atoms with Gasteiger partial charge in [0.1, 0.15) is 0 Å². The van der Waals surface area contributed by atoms with Crippen LogP contribution in [0.3, 0.4) is 0 Å². The number of likely N-dealkylation sites (tertiary alicyclic amines) is 1. The minimum atomic E-state index is -4.59. The number of aryl methyl sites for hydroxylation is 1. The molecule has 4 rings (SSSR count). The molecule has 0 aliphatic carbocycles. The Morgan fingerprint density at radius 1 is 1.03 bits per heavy atom. The van der Waals surface area contributed by atoms with Gasteiger partial charge in [0.05, 0.1) is 11.4 Å². The highest BCUT2D eigenvalue weighted by molar-refractivity contribution is 5.64. The first-order valence-corrected chi connectivity index (χ1v) is 9.98. The number of aromatic nitrogens is 2. The molecule has 2 heterocycles. The lowest BCUT2D eigenvalue weighted by Crippen LogP contribution is -2.53. The molecule has 1 N–H and O–H groups in total. The number of halogens is 3. The maximum atomic E-state index is 13.1. The van der Waals surface area contributed by atoms with Crippen LogP contribution in [0.5, 0.6) is 0 Å². The predicted molar refractivity (Wildman–Crippen MR) is 109 cm³/mol. The lowest BCUT2D eigenvalue weighted by molar-refractivity contribution is -0.272. The summed E-state index contributed by atoms with van der Waals surface area (Å²) in [6, 6.07) is 17.8. The number of para-hydroxylation sites is 1. The molecule has 1 aromatic heterocycles. The Balaban J connectivity index is 1.62. The molecule has 0 amide bonds. The van der Waals surface area contributed by atoms with Crippen molar-refractivity contribution in [2.75, 3.05) is 13.1 Å². The van der Waals surface area contributed by atoms with Crippen molar-refractivity contribution >= 4 is 0 Å². The summed E-state index contributed by atoms with van der Waals surface area (Å²) in [5.74, 6) is 0. The highest BCUT2D eigenvalue weighted by Gasteiger charge is 2.54. The van der Waals surface area contributed by atoms with E-state index in [0.29, 0.717) is 6.54 Å². The van der Waals surface area contributed by atoms with E-state index in [1.54, 1.807) is 0 Å². The van der Waals surface area contributed by atoms with Crippen molar-refractivity contribution in [3.8, 4) is 16.9 Å². The molecule has 1 fully saturated rings. The van der Waals surface area contributed by atoms with Crippen LogP contribution in [-0.4, -0.2) is 44.7 Å². The summed E-state index contributed by atoms with van der Waals surface area (Å²) in [5, 5.41) is 14.7. The Kier molecular flexibility index (Phi) is 5.42. The van der Waals surface area contributed by atoms with E-state index in [-0.39, 0.29) is 25.9 Å². The Bertz CT molecular complexity index is 1010. The van der Waals surface area contributed by atoms with Crippen LogP contribution in [0.25, 0.3) is 16.9 Å². The molecule has 0 unspecified atom stereocenters. The predicted octanol–water partition coefficient (Wildman–Crippen LogP) is 4.74. The average molecular weight is 415 g/mol. The van der Waals surface area contributed by atoms with E-state index in [2.05, 4.69) is 6.07 Å². The molecule has 158 valence electrons. The molecule has 0 spiro atoms. The first-order valence-electron chi connectivity index (χ1n) is 9.98. The number of nitrogens with zero attached hydrogens (tertiary/aromatic N) is 3. The number of benzene rings is 2. The van der Waals surface area contributed by atoms with E-state index in [4.69, 9.17) is 5.10 Å². The zero-order valence-corrected chi connectivity index (χ0v) is 16.7. The van der Waals surface area contributed by atoms with E-state index >= 15 is 0 Å². The van der Waals surface area contributed by atoms with Crippen molar-refractivity contribution in [1.29, 1.82) is 0 Å². The second kappa shape index (κ2) is 7.89. The molecule has 1 saturated heterocycles. The third kappa shape index (κ3) is 4.13. The summed E-state index contributed by atoms with van der Waals surface area (Å²) in [4.78, 5) is 1.95. The first kappa shape index (κ1) is 20.6. The fourth-order valence-corrected chi connectivity index (χ4v) is 3.88. The molecule has 4 nitrogen and oxygen atoms in total. The second-order valence-corrected chi connectivity index (χ2v) is 7.96. The maximum Gasteiger partial charge on any atom is 0.417 e. The molecular formula is C23H24F3N3O. The third-order valence-corrected chi connectivity index (χ3v) is 5.71. The molecule has 0 atom stereocenters. The van der Waals surface area contributed by atoms with Gasteiger partial charge in [0, 0.05) is 37.0 Å². The molecule has 30 heavy (non-hydrogen) atoms. The van der Waals surface area contributed by atoms with E-state index in [1.165, 1.54) is 0 Å². The minimum absolute atomic E-state index is 0.180. The molecule has 1 aliphatic heterocycles. The molecule has 1 aliphatic rings. The fraction of sp³-hybridized carbons (Fsp3) is 0.348. The van der Waals surface area contributed by atoms with Gasteiger partial charge in [0.2, 0.25) is 0 Å². The Morgan fingerprint density at radius 3 is 2.37 bits per heavy atom. The monoisotopic (exact) mass is 415 g/mol. The standard InChI is InChI=1S/C23H24F3N3O/c1-17-6-5-7-18(14-17)21-19(16-29(27-21)20-8-3-2-4-9-20)15-28-12-10-22(30,11-13-28)23(24,25)26/h2-9,14,16,30H,10-13,15H2,1H3. The number of hydrogen-bond donors (Lipinski definition) is 1. The Morgan fingerprint density at radius 2 is 1.73 bits per heavy atom. The maximum absolute atomic E-state index is 13.1. The molecule has 3 aromatic rings. The van der Waals surface area contributed by atoms with Gasteiger partial charge in [-0.3, -0.25) is 4.90 Å². The zero-order chi connectivity index (χ0) is 21.4. The quantitative estimate of drug-likeness (QED) is 0.669. The van der Waals surface area contributed by atoms with Gasteiger partial charge in [-0.25, -0.2) is 4.68 Å². The van der Waals surface area contributed by atoms with Crippen LogP contribution >= 0.6 is 0 Å². The normalized spacial score (nSPS) is 17.2.